The third kappa shape index (κ3) is 2.11. The second-order valence-electron chi connectivity index (χ2n) is 4.94. The van der Waals surface area contributed by atoms with E-state index < -0.39 is 34.6 Å². The van der Waals surface area contributed by atoms with E-state index in [0.717, 1.165) is 6.07 Å². The zero-order valence-corrected chi connectivity index (χ0v) is 10.8. The number of rotatable bonds is 3. The smallest absolute Gasteiger partial charge is 0.431 e. The minimum atomic E-state index is -4.72. The molecule has 0 aromatic carbocycles. The summed E-state index contributed by atoms with van der Waals surface area (Å²) in [6.07, 6.45) is -3.78. The van der Waals surface area contributed by atoms with Crippen molar-refractivity contribution >= 4 is 17.6 Å². The van der Waals surface area contributed by atoms with Crippen LogP contribution in [-0.2, 0) is 6.18 Å². The zero-order chi connectivity index (χ0) is 16.1. The van der Waals surface area contributed by atoms with Gasteiger partial charge in [0.2, 0.25) is 5.95 Å². The first kappa shape index (κ1) is 14.1. The second-order valence-corrected chi connectivity index (χ2v) is 4.94. The Balaban J connectivity index is 2.24. The van der Waals surface area contributed by atoms with E-state index in [1.165, 1.54) is 0 Å². The molecule has 3 rings (SSSR count). The zero-order valence-electron chi connectivity index (χ0n) is 10.8. The Kier molecular flexibility index (Phi) is 2.78. The fourth-order valence-corrected chi connectivity index (χ4v) is 2.07. The summed E-state index contributed by atoms with van der Waals surface area (Å²) in [5, 5.41) is 27.8. The van der Waals surface area contributed by atoms with E-state index in [-0.39, 0.29) is 5.95 Å². The molecular formula is C12H8F3N5O2. The van der Waals surface area contributed by atoms with Crippen LogP contribution in [0, 0.1) is 11.3 Å². The highest BCUT2D eigenvalue weighted by Crippen LogP contribution is 2.39. The van der Waals surface area contributed by atoms with Crippen LogP contribution in [0.25, 0.3) is 5.65 Å². The van der Waals surface area contributed by atoms with Gasteiger partial charge in [0.15, 0.2) is 5.65 Å². The summed E-state index contributed by atoms with van der Waals surface area (Å²) in [5.41, 5.74) is -2.92. The molecule has 0 radical (unpaired) electrons. The molecule has 2 aromatic rings. The number of pyridine rings is 1. The minimum absolute atomic E-state index is 0.301. The number of fused-ring (bicyclic) bond motifs is 1. The van der Waals surface area contributed by atoms with E-state index in [4.69, 9.17) is 10.4 Å². The average molecular weight is 311 g/mol. The number of nitrogens with zero attached hydrogens (tertiary/aromatic N) is 4. The summed E-state index contributed by atoms with van der Waals surface area (Å²) in [7, 11) is 0. The Hall–Kier alpha value is -2.83. The molecule has 0 bridgehead atoms. The summed E-state index contributed by atoms with van der Waals surface area (Å²) < 4.78 is 40.0. The number of hydrogen-bond donors (Lipinski definition) is 2. The van der Waals surface area contributed by atoms with Crippen molar-refractivity contribution in [2.45, 2.75) is 24.6 Å². The fraction of sp³-hybridized carbons (Fsp3) is 0.333. The lowest BCUT2D eigenvalue weighted by molar-refractivity contribution is -0.141. The number of halogens is 3. The van der Waals surface area contributed by atoms with Crippen LogP contribution in [0.2, 0.25) is 0 Å². The van der Waals surface area contributed by atoms with Crippen molar-refractivity contribution in [3.63, 3.8) is 0 Å². The van der Waals surface area contributed by atoms with Crippen molar-refractivity contribution < 1.29 is 23.1 Å². The largest absolute Gasteiger partial charge is 0.478 e. The van der Waals surface area contributed by atoms with Crippen molar-refractivity contribution in [1.82, 2.24) is 14.6 Å². The highest BCUT2D eigenvalue weighted by atomic mass is 19.4. The second kappa shape index (κ2) is 4.33. The topological polar surface area (TPSA) is 103 Å². The maximum absolute atomic E-state index is 13.1. The monoisotopic (exact) mass is 311 g/mol. The van der Waals surface area contributed by atoms with Gasteiger partial charge in [-0.2, -0.15) is 18.4 Å². The molecule has 2 N–H and O–H groups in total. The van der Waals surface area contributed by atoms with E-state index in [2.05, 4.69) is 15.5 Å². The molecule has 0 amide bonds. The molecule has 7 nitrogen and oxygen atoms in total. The number of carbonyl (C=O) groups is 1. The molecule has 114 valence electrons. The maximum atomic E-state index is 13.1. The predicted octanol–water partition coefficient (Wildman–Crippen LogP) is 1.91. The lowest BCUT2D eigenvalue weighted by Gasteiger charge is -2.14. The normalized spacial score (nSPS) is 16.3. The molecule has 2 aromatic heterocycles. The highest BCUT2D eigenvalue weighted by Gasteiger charge is 2.45. The van der Waals surface area contributed by atoms with Crippen LogP contribution in [0.1, 0.15) is 28.9 Å². The SMILES string of the molecule is N#CC1(Nc2nnc3c(C(=O)O)ccc(C(F)(F)F)n23)CC1. The molecule has 0 saturated heterocycles. The summed E-state index contributed by atoms with van der Waals surface area (Å²) in [6, 6.07) is 3.44. The quantitative estimate of drug-likeness (QED) is 0.897. The summed E-state index contributed by atoms with van der Waals surface area (Å²) >= 11 is 0. The van der Waals surface area contributed by atoms with Gasteiger partial charge in [-0.25, -0.2) is 4.79 Å². The Bertz CT molecular complexity index is 817. The van der Waals surface area contributed by atoms with Crippen molar-refractivity contribution in [2.24, 2.45) is 0 Å². The first-order valence-corrected chi connectivity index (χ1v) is 6.15. The number of anilines is 1. The fourth-order valence-electron chi connectivity index (χ4n) is 2.07. The minimum Gasteiger partial charge on any atom is -0.478 e. The molecule has 2 heterocycles. The summed E-state index contributed by atoms with van der Waals surface area (Å²) in [6.45, 7) is 0. The number of alkyl halides is 3. The predicted molar refractivity (Wildman–Crippen MR) is 66.1 cm³/mol. The van der Waals surface area contributed by atoms with Gasteiger partial charge >= 0.3 is 12.1 Å². The molecule has 10 heteroatoms. The molecule has 22 heavy (non-hydrogen) atoms. The molecule has 0 aliphatic heterocycles. The molecule has 0 spiro atoms. The molecular weight excluding hydrogens is 303 g/mol. The summed E-state index contributed by atoms with van der Waals surface area (Å²) in [4.78, 5) is 11.1. The van der Waals surface area contributed by atoms with E-state index >= 15 is 0 Å². The van der Waals surface area contributed by atoms with Crippen molar-refractivity contribution in [1.29, 1.82) is 5.26 Å². The Morgan fingerprint density at radius 1 is 1.41 bits per heavy atom. The lowest BCUT2D eigenvalue weighted by Crippen LogP contribution is -2.22. The van der Waals surface area contributed by atoms with Gasteiger partial charge in [0.1, 0.15) is 16.8 Å². The van der Waals surface area contributed by atoms with Crippen LogP contribution < -0.4 is 5.32 Å². The number of aromatic carboxylic acids is 1. The third-order valence-corrected chi connectivity index (χ3v) is 3.39. The van der Waals surface area contributed by atoms with Crippen molar-refractivity contribution in [3.8, 4) is 6.07 Å². The average Bonchev–Trinajstić information content (AvgIpc) is 3.10. The Labute approximate surface area is 121 Å². The van der Waals surface area contributed by atoms with Gasteiger partial charge in [-0.3, -0.25) is 4.40 Å². The van der Waals surface area contributed by atoms with E-state index in [0.29, 0.717) is 23.3 Å². The first-order chi connectivity index (χ1) is 10.3. The van der Waals surface area contributed by atoms with Crippen LogP contribution in [0.15, 0.2) is 12.1 Å². The standard InChI is InChI=1S/C12H8F3N5O2/c13-12(14,15)7-2-1-6(9(21)22)8-18-19-10(20(7)8)17-11(5-16)3-4-11/h1-2H,3-4H2,(H,17,19)(H,21,22). The Morgan fingerprint density at radius 3 is 2.59 bits per heavy atom. The van der Waals surface area contributed by atoms with Crippen LogP contribution >= 0.6 is 0 Å². The van der Waals surface area contributed by atoms with Gasteiger partial charge in [-0.1, -0.05) is 0 Å². The molecule has 1 fully saturated rings. The van der Waals surface area contributed by atoms with E-state index in [1.54, 1.807) is 0 Å². The van der Waals surface area contributed by atoms with E-state index in [1.807, 2.05) is 6.07 Å². The number of hydrogen-bond acceptors (Lipinski definition) is 5. The highest BCUT2D eigenvalue weighted by molar-refractivity contribution is 5.94. The first-order valence-electron chi connectivity index (χ1n) is 6.15. The van der Waals surface area contributed by atoms with Crippen LogP contribution in [0.4, 0.5) is 19.1 Å². The van der Waals surface area contributed by atoms with Gasteiger partial charge in [-0.05, 0) is 25.0 Å². The van der Waals surface area contributed by atoms with Gasteiger partial charge in [0, 0.05) is 0 Å². The Morgan fingerprint density at radius 2 is 2.09 bits per heavy atom. The molecule has 1 saturated carbocycles. The number of carboxylic acids is 1. The van der Waals surface area contributed by atoms with Crippen LogP contribution in [0.5, 0.6) is 0 Å². The maximum Gasteiger partial charge on any atom is 0.431 e. The van der Waals surface area contributed by atoms with Gasteiger partial charge < -0.3 is 10.4 Å². The molecule has 0 atom stereocenters. The number of nitrogens with one attached hydrogen (secondary N) is 1. The van der Waals surface area contributed by atoms with Gasteiger partial charge in [0.05, 0.1) is 6.07 Å². The van der Waals surface area contributed by atoms with Gasteiger partial charge in [-0.15, -0.1) is 10.2 Å². The summed E-state index contributed by atoms with van der Waals surface area (Å²) in [5.74, 6) is -1.72. The lowest BCUT2D eigenvalue weighted by atomic mass is 10.2. The van der Waals surface area contributed by atoms with E-state index in [9.17, 15) is 18.0 Å². The molecule has 1 aliphatic carbocycles. The third-order valence-electron chi connectivity index (χ3n) is 3.39. The molecule has 1 aliphatic rings. The van der Waals surface area contributed by atoms with Gasteiger partial charge in [0.25, 0.3) is 0 Å². The number of carboxylic acid groups (broad SMARTS) is 1. The van der Waals surface area contributed by atoms with Crippen LogP contribution in [0.3, 0.4) is 0 Å². The number of aromatic nitrogens is 3. The van der Waals surface area contributed by atoms with Crippen molar-refractivity contribution in [3.05, 3.63) is 23.4 Å². The molecule has 0 unspecified atom stereocenters. The van der Waals surface area contributed by atoms with Crippen molar-refractivity contribution in [2.75, 3.05) is 5.32 Å². The van der Waals surface area contributed by atoms with Crippen LogP contribution in [-0.4, -0.2) is 31.2 Å². The number of nitriles is 1.